The molecule has 6 heteroatoms. The summed E-state index contributed by atoms with van der Waals surface area (Å²) in [5.74, 6) is 0.615. The topological polar surface area (TPSA) is 33.1 Å². The van der Waals surface area contributed by atoms with Crippen molar-refractivity contribution in [3.05, 3.63) is 59.3 Å². The van der Waals surface area contributed by atoms with Crippen LogP contribution in [0.5, 0.6) is 0 Å². The fraction of sp³-hybridized carbons (Fsp3) is 0.214. The molecule has 2 nitrogen and oxygen atoms in total. The zero-order chi connectivity index (χ0) is 14.6. The lowest BCUT2D eigenvalue weighted by Gasteiger charge is -2.07. The maximum atomic E-state index is 12.4. The van der Waals surface area contributed by atoms with Crippen LogP contribution in [-0.4, -0.2) is 10.1 Å². The van der Waals surface area contributed by atoms with Gasteiger partial charge in [0.25, 0.3) is 0 Å². The van der Waals surface area contributed by atoms with Gasteiger partial charge in [0.15, 0.2) is 0 Å². The molecule has 20 heavy (non-hydrogen) atoms. The van der Waals surface area contributed by atoms with Crippen LogP contribution in [0, 0.1) is 0 Å². The zero-order valence-electron chi connectivity index (χ0n) is 10.4. The van der Waals surface area contributed by atoms with E-state index in [2.05, 4.69) is 4.98 Å². The summed E-state index contributed by atoms with van der Waals surface area (Å²) in [5.41, 5.74) is 1.11. The van der Waals surface area contributed by atoms with E-state index < -0.39 is 11.7 Å². The normalized spacial score (nSPS) is 11.6. The lowest BCUT2D eigenvalue weighted by Crippen LogP contribution is -2.05. The third-order valence-corrected chi connectivity index (χ3v) is 3.67. The highest BCUT2D eigenvalue weighted by Gasteiger charge is 2.30. The standard InChI is InChI=1S/C14H12F3NOS/c15-14(16,17)12-5-6-13(18-7-12)20-9-11-3-1-10(8-19)2-4-11/h1-7,19H,8-9H2. The first-order valence-corrected chi connectivity index (χ1v) is 6.82. The van der Waals surface area contributed by atoms with Gasteiger partial charge in [0.1, 0.15) is 0 Å². The molecule has 0 fully saturated rings. The average molecular weight is 299 g/mol. The Labute approximate surface area is 118 Å². The smallest absolute Gasteiger partial charge is 0.392 e. The van der Waals surface area contributed by atoms with Gasteiger partial charge in [-0.05, 0) is 23.3 Å². The number of halogens is 3. The first-order chi connectivity index (χ1) is 9.49. The minimum atomic E-state index is -4.35. The molecule has 2 aromatic rings. The highest BCUT2D eigenvalue weighted by atomic mass is 32.2. The number of alkyl halides is 3. The molecular weight excluding hydrogens is 287 g/mol. The molecule has 106 valence electrons. The minimum absolute atomic E-state index is 0.00607. The van der Waals surface area contributed by atoms with Crippen molar-refractivity contribution in [3.8, 4) is 0 Å². The second-order valence-electron chi connectivity index (χ2n) is 4.15. The van der Waals surface area contributed by atoms with E-state index in [1.165, 1.54) is 17.8 Å². The van der Waals surface area contributed by atoms with Gasteiger partial charge >= 0.3 is 6.18 Å². The van der Waals surface area contributed by atoms with E-state index in [1.54, 1.807) is 0 Å². The lowest BCUT2D eigenvalue weighted by molar-refractivity contribution is -0.137. The van der Waals surface area contributed by atoms with Crippen LogP contribution in [-0.2, 0) is 18.5 Å². The molecule has 0 unspecified atom stereocenters. The maximum Gasteiger partial charge on any atom is 0.417 e. The molecule has 0 radical (unpaired) electrons. The van der Waals surface area contributed by atoms with E-state index in [0.29, 0.717) is 10.8 Å². The van der Waals surface area contributed by atoms with Gasteiger partial charge in [-0.2, -0.15) is 13.2 Å². The van der Waals surface area contributed by atoms with Crippen LogP contribution in [0.2, 0.25) is 0 Å². The molecule has 1 N–H and O–H groups in total. The van der Waals surface area contributed by atoms with Crippen LogP contribution in [0.3, 0.4) is 0 Å². The highest BCUT2D eigenvalue weighted by molar-refractivity contribution is 7.98. The predicted molar refractivity (Wildman–Crippen MR) is 71.2 cm³/mol. The molecule has 0 saturated heterocycles. The summed E-state index contributed by atoms with van der Waals surface area (Å²) in [4.78, 5) is 3.80. The number of hydrogen-bond donors (Lipinski definition) is 1. The number of pyridine rings is 1. The Bertz CT molecular complexity index is 552. The Morgan fingerprint density at radius 1 is 1.00 bits per heavy atom. The number of aliphatic hydroxyl groups excluding tert-OH is 1. The van der Waals surface area contributed by atoms with E-state index >= 15 is 0 Å². The summed E-state index contributed by atoms with van der Waals surface area (Å²) < 4.78 is 37.1. The molecular formula is C14H12F3NOS. The van der Waals surface area contributed by atoms with Crippen molar-refractivity contribution in [3.63, 3.8) is 0 Å². The van der Waals surface area contributed by atoms with Crippen LogP contribution in [0.4, 0.5) is 13.2 Å². The number of aromatic nitrogens is 1. The van der Waals surface area contributed by atoms with Crippen molar-refractivity contribution >= 4 is 11.8 Å². The summed E-state index contributed by atoms with van der Waals surface area (Å²) in [6.07, 6.45) is -3.51. The largest absolute Gasteiger partial charge is 0.417 e. The molecule has 0 aliphatic rings. The molecule has 0 bridgehead atoms. The van der Waals surface area contributed by atoms with Gasteiger partial charge in [0.2, 0.25) is 0 Å². The van der Waals surface area contributed by atoms with Gasteiger partial charge in [-0.15, -0.1) is 11.8 Å². The van der Waals surface area contributed by atoms with E-state index in [9.17, 15) is 13.2 Å². The molecule has 0 aliphatic carbocycles. The molecule has 2 rings (SSSR count). The number of aliphatic hydroxyl groups is 1. The van der Waals surface area contributed by atoms with E-state index in [4.69, 9.17) is 5.11 Å². The third-order valence-electron chi connectivity index (χ3n) is 2.66. The fourth-order valence-electron chi connectivity index (χ4n) is 1.53. The van der Waals surface area contributed by atoms with Crippen LogP contribution in [0.15, 0.2) is 47.6 Å². The Morgan fingerprint density at radius 3 is 2.15 bits per heavy atom. The van der Waals surface area contributed by atoms with Crippen LogP contribution in [0.25, 0.3) is 0 Å². The van der Waals surface area contributed by atoms with Crippen molar-refractivity contribution in [2.24, 2.45) is 0 Å². The molecule has 1 heterocycles. The van der Waals surface area contributed by atoms with Crippen LogP contribution < -0.4 is 0 Å². The second kappa shape index (κ2) is 6.28. The summed E-state index contributed by atoms with van der Waals surface area (Å²) in [6.45, 7) is -0.00607. The predicted octanol–water partition coefficient (Wildman–Crippen LogP) is 3.89. The quantitative estimate of drug-likeness (QED) is 0.870. The Morgan fingerprint density at radius 2 is 1.65 bits per heavy atom. The summed E-state index contributed by atoms with van der Waals surface area (Å²) in [5, 5.41) is 9.47. The molecule has 0 spiro atoms. The Balaban J connectivity index is 1.96. The lowest BCUT2D eigenvalue weighted by atomic mass is 10.2. The summed E-state index contributed by atoms with van der Waals surface area (Å²) in [6, 6.07) is 9.79. The van der Waals surface area contributed by atoms with E-state index in [-0.39, 0.29) is 6.61 Å². The Kier molecular flexibility index (Phi) is 4.67. The number of benzene rings is 1. The number of hydrogen-bond acceptors (Lipinski definition) is 3. The highest BCUT2D eigenvalue weighted by Crippen LogP contribution is 2.30. The van der Waals surface area contributed by atoms with Gasteiger partial charge in [0, 0.05) is 11.9 Å². The van der Waals surface area contributed by atoms with Gasteiger partial charge in [-0.1, -0.05) is 24.3 Å². The molecule has 0 amide bonds. The fourth-order valence-corrected chi connectivity index (χ4v) is 2.33. The minimum Gasteiger partial charge on any atom is -0.392 e. The van der Waals surface area contributed by atoms with Crippen molar-refractivity contribution in [2.75, 3.05) is 0 Å². The number of rotatable bonds is 4. The summed E-state index contributed by atoms with van der Waals surface area (Å²) in [7, 11) is 0. The molecule has 0 saturated carbocycles. The Hall–Kier alpha value is -1.53. The van der Waals surface area contributed by atoms with Crippen LogP contribution >= 0.6 is 11.8 Å². The second-order valence-corrected chi connectivity index (χ2v) is 5.14. The third kappa shape index (κ3) is 3.98. The first kappa shape index (κ1) is 14.9. The average Bonchev–Trinajstić information content (AvgIpc) is 2.45. The van der Waals surface area contributed by atoms with Crippen LogP contribution in [0.1, 0.15) is 16.7 Å². The van der Waals surface area contributed by atoms with Crippen molar-refractivity contribution in [1.82, 2.24) is 4.98 Å². The van der Waals surface area contributed by atoms with E-state index in [0.717, 1.165) is 23.4 Å². The van der Waals surface area contributed by atoms with Crippen molar-refractivity contribution < 1.29 is 18.3 Å². The van der Waals surface area contributed by atoms with Gasteiger partial charge in [-0.25, -0.2) is 4.98 Å². The van der Waals surface area contributed by atoms with Crippen molar-refractivity contribution in [1.29, 1.82) is 0 Å². The maximum absolute atomic E-state index is 12.4. The zero-order valence-corrected chi connectivity index (χ0v) is 11.2. The number of nitrogens with zero attached hydrogens (tertiary/aromatic N) is 1. The van der Waals surface area contributed by atoms with Gasteiger partial charge < -0.3 is 5.11 Å². The summed E-state index contributed by atoms with van der Waals surface area (Å²) >= 11 is 1.37. The SMILES string of the molecule is OCc1ccc(CSc2ccc(C(F)(F)F)cn2)cc1. The molecule has 0 aliphatic heterocycles. The molecule has 0 atom stereocenters. The van der Waals surface area contributed by atoms with Gasteiger partial charge in [0.05, 0.1) is 17.2 Å². The van der Waals surface area contributed by atoms with Crippen molar-refractivity contribution in [2.45, 2.75) is 23.6 Å². The monoisotopic (exact) mass is 299 g/mol. The van der Waals surface area contributed by atoms with E-state index in [1.807, 2.05) is 24.3 Å². The number of thioether (sulfide) groups is 1. The molecule has 1 aromatic heterocycles. The first-order valence-electron chi connectivity index (χ1n) is 5.84. The van der Waals surface area contributed by atoms with Gasteiger partial charge in [-0.3, -0.25) is 0 Å². The molecule has 1 aromatic carbocycles.